The lowest BCUT2D eigenvalue weighted by atomic mass is 9.97. The smallest absolute Gasteiger partial charge is 0.143 e. The number of hydrogen-bond acceptors (Lipinski definition) is 2. The maximum absolute atomic E-state index is 9.94. The Bertz CT molecular complexity index is 3810. The fourth-order valence-corrected chi connectivity index (χ4v) is 6.58. The summed E-state index contributed by atoms with van der Waals surface area (Å²) in [5.74, 6) is 0. The minimum atomic E-state index is -0.878. The molecule has 2 heteroatoms. The molecule has 244 valence electrons. The van der Waals surface area contributed by atoms with Crippen molar-refractivity contribution in [3.8, 4) is 33.4 Å². The van der Waals surface area contributed by atoms with Crippen LogP contribution in [0.15, 0.2) is 204 Å². The van der Waals surface area contributed by atoms with Crippen LogP contribution in [0.25, 0.3) is 76.9 Å². The summed E-state index contributed by atoms with van der Waals surface area (Å²) < 4.78 is 160. The number of hydrogen-bond donors (Lipinski definition) is 0. The molecule has 0 unspecified atom stereocenters. The molecule has 0 fully saturated rings. The molecule has 0 bridgehead atoms. The van der Waals surface area contributed by atoms with Gasteiger partial charge < -0.3 is 9.32 Å². The predicted molar refractivity (Wildman–Crippen MR) is 220 cm³/mol. The Morgan fingerprint density at radius 2 is 1.04 bits per heavy atom. The molecule has 2 nitrogen and oxygen atoms in total. The molecule has 0 spiro atoms. The average Bonchev–Trinajstić information content (AvgIpc) is 3.75. The van der Waals surface area contributed by atoms with Crippen molar-refractivity contribution in [2.45, 2.75) is 0 Å². The Labute approximate surface area is 326 Å². The molecule has 52 heavy (non-hydrogen) atoms. The Hall–Kier alpha value is -6.90. The first-order chi connectivity index (χ1) is 32.9. The second-order valence-electron chi connectivity index (χ2n) is 12.0. The minimum Gasteiger partial charge on any atom is -0.455 e. The predicted octanol–water partition coefficient (Wildman–Crippen LogP) is 14.4. The van der Waals surface area contributed by atoms with Crippen molar-refractivity contribution in [1.29, 1.82) is 0 Å². The fourth-order valence-electron chi connectivity index (χ4n) is 6.58. The minimum absolute atomic E-state index is 0.0438. The lowest BCUT2D eigenvalue weighted by molar-refractivity contribution is 0.672. The van der Waals surface area contributed by atoms with E-state index in [0.29, 0.717) is 32.9 Å². The summed E-state index contributed by atoms with van der Waals surface area (Å²) in [5, 5.41) is 3.95. The van der Waals surface area contributed by atoms with Gasteiger partial charge in [-0.15, -0.1) is 0 Å². The number of nitrogens with zero attached hydrogens (tertiary/aromatic N) is 1. The number of anilines is 3. The SMILES string of the molecule is [2H]c1c([2H])c([2H])c(-c2c([2H])c([2H])c(-c3c([2H])c([2H])c(N(c4c([2H])c([2H])c([2H])c(-c5cccc6ccccc56)c4[2H])c4cccc5oc6c7ccccc7ccc6c45)c([2H])c3[2H])c([2H])c2[2H])c([2H])c1[2H]. The molecular weight excluding hydrogens is 631 g/mol. The molecule has 1 aromatic heterocycles. The maximum atomic E-state index is 9.94. The third-order valence-electron chi connectivity index (χ3n) is 8.96. The first-order valence-electron chi connectivity index (χ1n) is 24.9. The van der Waals surface area contributed by atoms with Gasteiger partial charge in [-0.3, -0.25) is 0 Å². The van der Waals surface area contributed by atoms with Gasteiger partial charge in [0.2, 0.25) is 0 Å². The topological polar surface area (TPSA) is 16.4 Å². The highest BCUT2D eigenvalue weighted by Crippen LogP contribution is 2.45. The summed E-state index contributed by atoms with van der Waals surface area (Å²) in [4.78, 5) is 1.18. The third-order valence-corrected chi connectivity index (χ3v) is 8.96. The van der Waals surface area contributed by atoms with Crippen LogP contribution < -0.4 is 4.90 Å². The molecule has 0 aliphatic heterocycles. The first-order valence-corrected chi connectivity index (χ1v) is 16.4. The molecule has 0 atom stereocenters. The van der Waals surface area contributed by atoms with E-state index in [0.717, 1.165) is 16.2 Å². The molecule has 10 aromatic rings. The summed E-state index contributed by atoms with van der Waals surface area (Å²) in [6.07, 6.45) is 0. The molecule has 9 aromatic carbocycles. The zero-order valence-corrected chi connectivity index (χ0v) is 27.1. The Morgan fingerprint density at radius 1 is 0.423 bits per heavy atom. The molecule has 10 rings (SSSR count). The Morgan fingerprint density at radius 3 is 1.81 bits per heavy atom. The van der Waals surface area contributed by atoms with Crippen molar-refractivity contribution in [3.63, 3.8) is 0 Å². The van der Waals surface area contributed by atoms with Crippen LogP contribution in [0.2, 0.25) is 0 Å². The molecular formula is C50H33NO. The van der Waals surface area contributed by atoms with Crippen LogP contribution in [-0.4, -0.2) is 0 Å². The lowest BCUT2D eigenvalue weighted by Crippen LogP contribution is -2.10. The van der Waals surface area contributed by atoms with Crippen LogP contribution >= 0.6 is 0 Å². The van der Waals surface area contributed by atoms with Gasteiger partial charge in [-0.1, -0.05) is 157 Å². The summed E-state index contributed by atoms with van der Waals surface area (Å²) in [6, 6.07) is 15.8. The van der Waals surface area contributed by atoms with Crippen LogP contribution in [-0.2, 0) is 0 Å². The van der Waals surface area contributed by atoms with Crippen LogP contribution in [0.4, 0.5) is 17.1 Å². The van der Waals surface area contributed by atoms with E-state index >= 15 is 0 Å². The second-order valence-corrected chi connectivity index (χ2v) is 12.0. The standard InChI is InChI=1S/C50H33NO/c1-2-11-34(12-3-1)35-23-25-36(26-24-35)37-27-30-41(31-28-37)51(42-17-8-16-40(33-42)44-20-9-15-38-13-4-6-18-43(38)44)47-21-10-22-48-49(47)46-32-29-39-14-5-7-19-45(39)50(46)52-48/h1-33H/i1D,2D,3D,8D,11D,12D,16D,17D,23D,24D,25D,26D,27D,28D,30D,31D,33D. The second kappa shape index (κ2) is 12.5. The molecule has 1 heterocycles. The number of benzene rings is 9. The van der Waals surface area contributed by atoms with E-state index in [1.54, 1.807) is 42.5 Å². The number of furan rings is 1. The van der Waals surface area contributed by atoms with Crippen molar-refractivity contribution in [2.24, 2.45) is 0 Å². The van der Waals surface area contributed by atoms with E-state index < -0.39 is 131 Å². The number of rotatable bonds is 6. The lowest BCUT2D eigenvalue weighted by Gasteiger charge is -2.27. The van der Waals surface area contributed by atoms with Crippen LogP contribution in [0.1, 0.15) is 23.3 Å². The van der Waals surface area contributed by atoms with Gasteiger partial charge in [0.15, 0.2) is 0 Å². The number of fused-ring (bicyclic) bond motifs is 6. The van der Waals surface area contributed by atoms with Gasteiger partial charge in [0.05, 0.1) is 34.4 Å². The summed E-state index contributed by atoms with van der Waals surface area (Å²) >= 11 is 0. The highest BCUT2D eigenvalue weighted by Gasteiger charge is 2.21. The van der Waals surface area contributed by atoms with E-state index in [4.69, 9.17) is 16.8 Å². The van der Waals surface area contributed by atoms with Gasteiger partial charge >= 0.3 is 0 Å². The summed E-state index contributed by atoms with van der Waals surface area (Å²) in [7, 11) is 0. The zero-order valence-electron chi connectivity index (χ0n) is 44.1. The van der Waals surface area contributed by atoms with Gasteiger partial charge in [0.25, 0.3) is 0 Å². The largest absolute Gasteiger partial charge is 0.455 e. The summed E-state index contributed by atoms with van der Waals surface area (Å²) in [6.45, 7) is 0. The summed E-state index contributed by atoms with van der Waals surface area (Å²) in [5.41, 5.74) is -2.21. The highest BCUT2D eigenvalue weighted by molar-refractivity contribution is 6.19. The van der Waals surface area contributed by atoms with Crippen molar-refractivity contribution >= 4 is 60.5 Å². The Balaban J connectivity index is 1.31. The van der Waals surface area contributed by atoms with E-state index in [1.807, 2.05) is 54.6 Å². The Kier molecular flexibility index (Phi) is 4.16. The molecule has 0 N–H and O–H groups in total. The van der Waals surface area contributed by atoms with Gasteiger partial charge in [-0.05, 0) is 91.9 Å². The van der Waals surface area contributed by atoms with Crippen LogP contribution in [0, 0.1) is 0 Å². The van der Waals surface area contributed by atoms with Crippen LogP contribution in [0.3, 0.4) is 0 Å². The zero-order chi connectivity index (χ0) is 49.2. The fraction of sp³-hybridized carbons (Fsp3) is 0. The molecule has 0 amide bonds. The van der Waals surface area contributed by atoms with Gasteiger partial charge in [-0.25, -0.2) is 0 Å². The van der Waals surface area contributed by atoms with Gasteiger partial charge in [0.1, 0.15) is 11.2 Å². The van der Waals surface area contributed by atoms with E-state index in [9.17, 15) is 11.0 Å². The quantitative estimate of drug-likeness (QED) is 0.174. The van der Waals surface area contributed by atoms with Crippen molar-refractivity contribution in [1.82, 2.24) is 0 Å². The maximum Gasteiger partial charge on any atom is 0.143 e. The first kappa shape index (κ1) is 17.4. The molecule has 0 radical (unpaired) electrons. The van der Waals surface area contributed by atoms with Gasteiger partial charge in [-0.2, -0.15) is 0 Å². The molecule has 0 aliphatic carbocycles. The van der Waals surface area contributed by atoms with E-state index in [1.165, 1.54) is 4.90 Å². The molecule has 0 saturated carbocycles. The van der Waals surface area contributed by atoms with E-state index in [2.05, 4.69) is 0 Å². The van der Waals surface area contributed by atoms with Crippen molar-refractivity contribution < 1.29 is 27.7 Å². The van der Waals surface area contributed by atoms with Crippen LogP contribution in [0.5, 0.6) is 0 Å². The van der Waals surface area contributed by atoms with Crippen molar-refractivity contribution in [3.05, 3.63) is 200 Å². The van der Waals surface area contributed by atoms with Crippen molar-refractivity contribution in [2.75, 3.05) is 4.90 Å². The normalized spacial score (nSPS) is 16.0. The molecule has 0 saturated heterocycles. The van der Waals surface area contributed by atoms with E-state index in [-0.39, 0.29) is 16.9 Å². The molecule has 0 aliphatic rings. The highest BCUT2D eigenvalue weighted by atomic mass is 16.3. The average molecular weight is 681 g/mol. The van der Waals surface area contributed by atoms with Gasteiger partial charge in [0, 0.05) is 22.1 Å². The third kappa shape index (κ3) is 5.12. The monoisotopic (exact) mass is 680 g/mol.